The van der Waals surface area contributed by atoms with Crippen molar-refractivity contribution in [2.75, 3.05) is 19.7 Å². The van der Waals surface area contributed by atoms with Crippen LogP contribution in [0.25, 0.3) is 0 Å². The number of hydrogen-bond donors (Lipinski definition) is 0. The van der Waals surface area contributed by atoms with Crippen molar-refractivity contribution in [3.63, 3.8) is 0 Å². The van der Waals surface area contributed by atoms with Gasteiger partial charge in [-0.3, -0.25) is 0 Å². The highest BCUT2D eigenvalue weighted by molar-refractivity contribution is 5.67. The molecule has 0 aliphatic rings. The summed E-state index contributed by atoms with van der Waals surface area (Å²) >= 11 is 0. The summed E-state index contributed by atoms with van der Waals surface area (Å²) in [6.45, 7) is 16.8. The number of carbonyl (C=O) groups is 1. The Morgan fingerprint density at radius 2 is 1.59 bits per heavy atom. The van der Waals surface area contributed by atoms with E-state index in [1.54, 1.807) is 0 Å². The van der Waals surface area contributed by atoms with E-state index in [1.165, 1.54) is 0 Å². The van der Waals surface area contributed by atoms with Gasteiger partial charge in [0.05, 0.1) is 6.61 Å². The second-order valence-corrected chi connectivity index (χ2v) is 6.99. The molecule has 0 aromatic rings. The van der Waals surface area contributed by atoms with Crippen molar-refractivity contribution >= 4 is 6.09 Å². The van der Waals surface area contributed by atoms with E-state index in [1.807, 2.05) is 11.8 Å². The minimum absolute atomic E-state index is 0.102. The van der Waals surface area contributed by atoms with Crippen LogP contribution in [0.3, 0.4) is 0 Å². The average molecular weight is 243 g/mol. The molecule has 17 heavy (non-hydrogen) atoms. The molecule has 0 heterocycles. The third-order valence-electron chi connectivity index (χ3n) is 2.32. The lowest BCUT2D eigenvalue weighted by Gasteiger charge is -2.31. The maximum Gasteiger partial charge on any atom is 0.409 e. The molecule has 0 rings (SSSR count). The fourth-order valence-electron chi connectivity index (χ4n) is 1.49. The Bertz CT molecular complexity index is 236. The van der Waals surface area contributed by atoms with Crippen molar-refractivity contribution < 1.29 is 9.53 Å². The SMILES string of the molecule is CCOC(=O)N(CCC(C)(C)C)CC(C)(C)C. The number of rotatable bonds is 4. The number of amides is 1. The summed E-state index contributed by atoms with van der Waals surface area (Å²) in [6, 6.07) is 0. The topological polar surface area (TPSA) is 29.5 Å². The van der Waals surface area contributed by atoms with Crippen LogP contribution in [0.15, 0.2) is 0 Å². The van der Waals surface area contributed by atoms with Crippen LogP contribution in [-0.2, 0) is 4.74 Å². The lowest BCUT2D eigenvalue weighted by atomic mass is 9.91. The molecule has 0 N–H and O–H groups in total. The van der Waals surface area contributed by atoms with Crippen molar-refractivity contribution in [1.82, 2.24) is 4.90 Å². The van der Waals surface area contributed by atoms with Crippen molar-refractivity contribution in [1.29, 1.82) is 0 Å². The first-order chi connectivity index (χ1) is 7.55. The van der Waals surface area contributed by atoms with E-state index in [4.69, 9.17) is 4.74 Å². The normalized spacial score (nSPS) is 12.4. The third-order valence-corrected chi connectivity index (χ3v) is 2.32. The molecular weight excluding hydrogens is 214 g/mol. The lowest BCUT2D eigenvalue weighted by molar-refractivity contribution is 0.0881. The fraction of sp³-hybridized carbons (Fsp3) is 0.929. The highest BCUT2D eigenvalue weighted by Crippen LogP contribution is 2.21. The Balaban J connectivity index is 4.46. The van der Waals surface area contributed by atoms with E-state index in [0.29, 0.717) is 6.61 Å². The molecule has 0 aromatic heterocycles. The number of nitrogens with zero attached hydrogens (tertiary/aromatic N) is 1. The summed E-state index contributed by atoms with van der Waals surface area (Å²) < 4.78 is 5.10. The molecule has 0 unspecified atom stereocenters. The minimum Gasteiger partial charge on any atom is -0.450 e. The van der Waals surface area contributed by atoms with Crippen molar-refractivity contribution in [3.05, 3.63) is 0 Å². The molecule has 0 saturated carbocycles. The summed E-state index contributed by atoms with van der Waals surface area (Å²) in [5.74, 6) is 0. The van der Waals surface area contributed by atoms with E-state index in [9.17, 15) is 4.79 Å². The van der Waals surface area contributed by atoms with Gasteiger partial charge >= 0.3 is 6.09 Å². The average Bonchev–Trinajstić information content (AvgIpc) is 2.09. The van der Waals surface area contributed by atoms with Crippen LogP contribution in [0, 0.1) is 10.8 Å². The largest absolute Gasteiger partial charge is 0.450 e. The number of ether oxygens (including phenoxy) is 1. The maximum atomic E-state index is 11.8. The van der Waals surface area contributed by atoms with Gasteiger partial charge in [-0.15, -0.1) is 0 Å². The first-order valence-electron chi connectivity index (χ1n) is 6.47. The quantitative estimate of drug-likeness (QED) is 0.748. The molecule has 0 aromatic carbocycles. The fourth-order valence-corrected chi connectivity index (χ4v) is 1.49. The van der Waals surface area contributed by atoms with Crippen LogP contribution < -0.4 is 0 Å². The second-order valence-electron chi connectivity index (χ2n) is 6.99. The maximum absolute atomic E-state index is 11.8. The molecule has 3 heteroatoms. The van der Waals surface area contributed by atoms with Gasteiger partial charge in [0.15, 0.2) is 0 Å². The van der Waals surface area contributed by atoms with Crippen LogP contribution >= 0.6 is 0 Å². The van der Waals surface area contributed by atoms with E-state index in [-0.39, 0.29) is 16.9 Å². The van der Waals surface area contributed by atoms with Gasteiger partial charge in [-0.1, -0.05) is 41.5 Å². The van der Waals surface area contributed by atoms with Gasteiger partial charge in [-0.05, 0) is 24.2 Å². The van der Waals surface area contributed by atoms with Gasteiger partial charge in [0.25, 0.3) is 0 Å². The zero-order valence-electron chi connectivity index (χ0n) is 12.6. The van der Waals surface area contributed by atoms with E-state index in [2.05, 4.69) is 41.5 Å². The van der Waals surface area contributed by atoms with Gasteiger partial charge in [0, 0.05) is 13.1 Å². The molecule has 0 bridgehead atoms. The highest BCUT2D eigenvalue weighted by Gasteiger charge is 2.23. The second kappa shape index (κ2) is 6.27. The Morgan fingerprint density at radius 1 is 1.06 bits per heavy atom. The Kier molecular flexibility index (Phi) is 6.00. The van der Waals surface area contributed by atoms with Gasteiger partial charge in [-0.2, -0.15) is 0 Å². The highest BCUT2D eigenvalue weighted by atomic mass is 16.6. The molecule has 3 nitrogen and oxygen atoms in total. The molecule has 0 radical (unpaired) electrons. The number of hydrogen-bond acceptors (Lipinski definition) is 2. The standard InChI is InChI=1S/C14H29NO2/c1-8-17-12(16)15(11-14(5,6)7)10-9-13(2,3)4/h8-11H2,1-7H3. The summed E-state index contributed by atoms with van der Waals surface area (Å²) in [4.78, 5) is 13.7. The van der Waals surface area contributed by atoms with Crippen LogP contribution in [0.5, 0.6) is 0 Å². The minimum atomic E-state index is -0.188. The zero-order chi connectivity index (χ0) is 13.7. The van der Waals surface area contributed by atoms with Gasteiger partial charge in [-0.25, -0.2) is 4.79 Å². The zero-order valence-corrected chi connectivity index (χ0v) is 12.6. The summed E-state index contributed by atoms with van der Waals surface area (Å²) in [6.07, 6.45) is 0.800. The molecule has 0 saturated heterocycles. The third kappa shape index (κ3) is 9.02. The Morgan fingerprint density at radius 3 is 1.94 bits per heavy atom. The van der Waals surface area contributed by atoms with Crippen LogP contribution in [0.2, 0.25) is 0 Å². The smallest absolute Gasteiger partial charge is 0.409 e. The van der Waals surface area contributed by atoms with Crippen molar-refractivity contribution in [2.24, 2.45) is 10.8 Å². The summed E-state index contributed by atoms with van der Waals surface area (Å²) in [7, 11) is 0. The molecule has 0 aliphatic heterocycles. The van der Waals surface area contributed by atoms with Crippen LogP contribution in [0.1, 0.15) is 54.9 Å². The first kappa shape index (κ1) is 16.3. The van der Waals surface area contributed by atoms with Crippen molar-refractivity contribution in [3.8, 4) is 0 Å². The summed E-state index contributed by atoms with van der Waals surface area (Å²) in [5.41, 5.74) is 0.341. The molecule has 1 amide bonds. The Labute approximate surface area is 107 Å². The monoisotopic (exact) mass is 243 g/mol. The molecule has 102 valence electrons. The van der Waals surface area contributed by atoms with Gasteiger partial charge < -0.3 is 9.64 Å². The molecule has 0 spiro atoms. The molecular formula is C14H29NO2. The predicted molar refractivity (Wildman–Crippen MR) is 72.1 cm³/mol. The van der Waals surface area contributed by atoms with E-state index < -0.39 is 0 Å². The van der Waals surface area contributed by atoms with E-state index >= 15 is 0 Å². The van der Waals surface area contributed by atoms with E-state index in [0.717, 1.165) is 19.5 Å². The summed E-state index contributed by atoms with van der Waals surface area (Å²) in [5, 5.41) is 0. The Hall–Kier alpha value is -0.730. The lowest BCUT2D eigenvalue weighted by Crippen LogP contribution is -2.39. The van der Waals surface area contributed by atoms with Crippen molar-refractivity contribution in [2.45, 2.75) is 54.9 Å². The molecule has 0 fully saturated rings. The van der Waals surface area contributed by atoms with Crippen LogP contribution in [0.4, 0.5) is 4.79 Å². The molecule has 0 atom stereocenters. The predicted octanol–water partition coefficient (Wildman–Crippen LogP) is 3.93. The molecule has 0 aliphatic carbocycles. The first-order valence-corrected chi connectivity index (χ1v) is 6.47. The number of carbonyl (C=O) groups excluding carboxylic acids is 1. The van der Waals surface area contributed by atoms with Crippen LogP contribution in [-0.4, -0.2) is 30.7 Å². The van der Waals surface area contributed by atoms with Gasteiger partial charge in [0.1, 0.15) is 0 Å². The van der Waals surface area contributed by atoms with Gasteiger partial charge in [0.2, 0.25) is 0 Å².